The minimum Gasteiger partial charge on any atom is -0.211 e. The summed E-state index contributed by atoms with van der Waals surface area (Å²) in [4.78, 5) is 0. The second-order valence-corrected chi connectivity index (χ2v) is 3.40. The minimum absolute atomic E-state index is 0.204. The standard InChI is InChI=1S/C9H6BrF2N3/c10-4-6-5-13-14-15(6)9-7(11)2-1-3-8(9)12/h1-3,5H,4H2. The molecule has 0 saturated carbocycles. The maximum atomic E-state index is 13.4. The zero-order chi connectivity index (χ0) is 10.8. The van der Waals surface area contributed by atoms with Gasteiger partial charge in [0, 0.05) is 5.33 Å². The maximum absolute atomic E-state index is 13.4. The number of benzene rings is 1. The van der Waals surface area contributed by atoms with Gasteiger partial charge in [-0.2, -0.15) is 0 Å². The Labute approximate surface area is 92.8 Å². The van der Waals surface area contributed by atoms with E-state index in [1.54, 1.807) is 0 Å². The maximum Gasteiger partial charge on any atom is 0.151 e. The first-order chi connectivity index (χ1) is 7.24. The lowest BCUT2D eigenvalue weighted by Gasteiger charge is -2.05. The van der Waals surface area contributed by atoms with Crippen LogP contribution in [0.3, 0.4) is 0 Å². The zero-order valence-electron chi connectivity index (χ0n) is 7.49. The van der Waals surface area contributed by atoms with Crippen LogP contribution in [0.4, 0.5) is 8.78 Å². The molecule has 78 valence electrons. The van der Waals surface area contributed by atoms with Crippen LogP contribution in [-0.2, 0) is 5.33 Å². The van der Waals surface area contributed by atoms with Crippen LogP contribution in [0.15, 0.2) is 24.4 Å². The van der Waals surface area contributed by atoms with Gasteiger partial charge in [-0.1, -0.05) is 27.2 Å². The average Bonchev–Trinajstić information content (AvgIpc) is 2.65. The molecule has 0 bridgehead atoms. The van der Waals surface area contributed by atoms with Gasteiger partial charge in [0.1, 0.15) is 5.69 Å². The Morgan fingerprint density at radius 1 is 1.27 bits per heavy atom. The van der Waals surface area contributed by atoms with Crippen molar-refractivity contribution in [1.82, 2.24) is 15.0 Å². The van der Waals surface area contributed by atoms with E-state index in [2.05, 4.69) is 26.2 Å². The first-order valence-corrected chi connectivity index (χ1v) is 5.26. The Bertz CT molecular complexity index is 464. The molecule has 0 N–H and O–H groups in total. The third-order valence-corrected chi connectivity index (χ3v) is 2.48. The molecule has 0 spiro atoms. The van der Waals surface area contributed by atoms with Crippen LogP contribution < -0.4 is 0 Å². The van der Waals surface area contributed by atoms with E-state index in [9.17, 15) is 8.78 Å². The Morgan fingerprint density at radius 3 is 2.53 bits per heavy atom. The lowest BCUT2D eigenvalue weighted by molar-refractivity contribution is 0.553. The fourth-order valence-corrected chi connectivity index (χ4v) is 1.61. The summed E-state index contributed by atoms with van der Waals surface area (Å²) in [5, 5.41) is 7.66. The van der Waals surface area contributed by atoms with Crippen LogP contribution in [0.5, 0.6) is 0 Å². The topological polar surface area (TPSA) is 30.7 Å². The molecule has 3 nitrogen and oxygen atoms in total. The summed E-state index contributed by atoms with van der Waals surface area (Å²) in [5.74, 6) is -1.33. The van der Waals surface area contributed by atoms with Gasteiger partial charge in [0.05, 0.1) is 11.9 Å². The molecule has 0 fully saturated rings. The van der Waals surface area contributed by atoms with Crippen LogP contribution in [0.2, 0.25) is 0 Å². The molecule has 1 aromatic carbocycles. The van der Waals surface area contributed by atoms with E-state index in [1.165, 1.54) is 24.4 Å². The summed E-state index contributed by atoms with van der Waals surface area (Å²) in [7, 11) is 0. The van der Waals surface area contributed by atoms with Crippen LogP contribution in [0.1, 0.15) is 5.69 Å². The third kappa shape index (κ3) is 1.77. The van der Waals surface area contributed by atoms with Gasteiger partial charge in [0.25, 0.3) is 0 Å². The van der Waals surface area contributed by atoms with Gasteiger partial charge in [-0.25, -0.2) is 13.5 Å². The van der Waals surface area contributed by atoms with E-state index >= 15 is 0 Å². The average molecular weight is 274 g/mol. The second-order valence-electron chi connectivity index (χ2n) is 2.84. The number of halogens is 3. The van der Waals surface area contributed by atoms with Crippen molar-refractivity contribution in [3.8, 4) is 5.69 Å². The van der Waals surface area contributed by atoms with Crippen LogP contribution >= 0.6 is 15.9 Å². The second kappa shape index (κ2) is 4.06. The van der Waals surface area contributed by atoms with Gasteiger partial charge in [-0.15, -0.1) is 5.10 Å². The van der Waals surface area contributed by atoms with Crippen molar-refractivity contribution in [2.75, 3.05) is 0 Å². The molecule has 0 atom stereocenters. The minimum atomic E-state index is -0.664. The number of hydrogen-bond acceptors (Lipinski definition) is 2. The van der Waals surface area contributed by atoms with E-state index in [0.29, 0.717) is 11.0 Å². The fraction of sp³-hybridized carbons (Fsp3) is 0.111. The van der Waals surface area contributed by atoms with Crippen molar-refractivity contribution in [2.24, 2.45) is 0 Å². The molecule has 0 aliphatic heterocycles. The normalized spacial score (nSPS) is 10.6. The van der Waals surface area contributed by atoms with Gasteiger partial charge in [-0.05, 0) is 12.1 Å². The SMILES string of the molecule is Fc1cccc(F)c1-n1nncc1CBr. The molecule has 2 aromatic rings. The predicted molar refractivity (Wildman–Crippen MR) is 53.9 cm³/mol. The molecule has 0 unspecified atom stereocenters. The molecule has 15 heavy (non-hydrogen) atoms. The summed E-state index contributed by atoms with van der Waals surface area (Å²) in [6, 6.07) is 3.66. The summed E-state index contributed by atoms with van der Waals surface area (Å²) in [6.45, 7) is 0. The monoisotopic (exact) mass is 273 g/mol. The predicted octanol–water partition coefficient (Wildman–Crippen LogP) is 2.44. The molecule has 1 heterocycles. The lowest BCUT2D eigenvalue weighted by Crippen LogP contribution is -2.06. The van der Waals surface area contributed by atoms with Gasteiger partial charge in [-0.3, -0.25) is 0 Å². The van der Waals surface area contributed by atoms with E-state index in [0.717, 1.165) is 4.68 Å². The van der Waals surface area contributed by atoms with Gasteiger partial charge >= 0.3 is 0 Å². The molecule has 2 rings (SSSR count). The lowest BCUT2D eigenvalue weighted by atomic mass is 10.3. The molecule has 0 amide bonds. The van der Waals surface area contributed by atoms with Gasteiger partial charge in [0.15, 0.2) is 11.6 Å². The third-order valence-electron chi connectivity index (χ3n) is 1.91. The van der Waals surface area contributed by atoms with Crippen LogP contribution in [0, 0.1) is 11.6 Å². The first-order valence-electron chi connectivity index (χ1n) is 4.14. The molecule has 6 heteroatoms. The van der Waals surface area contributed by atoms with Crippen molar-refractivity contribution >= 4 is 15.9 Å². The fourth-order valence-electron chi connectivity index (χ4n) is 1.23. The number of nitrogens with zero attached hydrogens (tertiary/aromatic N) is 3. The highest BCUT2D eigenvalue weighted by Gasteiger charge is 2.14. The molecular formula is C9H6BrF2N3. The number of para-hydroxylation sites is 1. The highest BCUT2D eigenvalue weighted by atomic mass is 79.9. The molecule has 1 aromatic heterocycles. The van der Waals surface area contributed by atoms with E-state index in [4.69, 9.17) is 0 Å². The number of alkyl halides is 1. The van der Waals surface area contributed by atoms with Crippen molar-refractivity contribution in [3.63, 3.8) is 0 Å². The molecule has 0 radical (unpaired) electrons. The smallest absolute Gasteiger partial charge is 0.151 e. The van der Waals surface area contributed by atoms with Gasteiger partial charge < -0.3 is 0 Å². The Hall–Kier alpha value is -1.30. The van der Waals surface area contributed by atoms with E-state index in [1.807, 2.05) is 0 Å². The molecular weight excluding hydrogens is 268 g/mol. The summed E-state index contributed by atoms with van der Waals surface area (Å²) < 4.78 is 27.9. The van der Waals surface area contributed by atoms with Gasteiger partial charge in [0.2, 0.25) is 0 Å². The highest BCUT2D eigenvalue weighted by Crippen LogP contribution is 2.18. The number of aromatic nitrogens is 3. The van der Waals surface area contributed by atoms with Crippen LogP contribution in [-0.4, -0.2) is 15.0 Å². The van der Waals surface area contributed by atoms with Crippen molar-refractivity contribution in [3.05, 3.63) is 41.7 Å². The van der Waals surface area contributed by atoms with Crippen molar-refractivity contribution < 1.29 is 8.78 Å². The zero-order valence-corrected chi connectivity index (χ0v) is 9.08. The van der Waals surface area contributed by atoms with Crippen molar-refractivity contribution in [1.29, 1.82) is 0 Å². The van der Waals surface area contributed by atoms with Crippen LogP contribution in [0.25, 0.3) is 5.69 Å². The number of hydrogen-bond donors (Lipinski definition) is 0. The summed E-state index contributed by atoms with van der Waals surface area (Å²) in [5.41, 5.74) is 0.378. The van der Waals surface area contributed by atoms with E-state index in [-0.39, 0.29) is 5.69 Å². The van der Waals surface area contributed by atoms with Crippen molar-refractivity contribution in [2.45, 2.75) is 5.33 Å². The highest BCUT2D eigenvalue weighted by molar-refractivity contribution is 9.08. The Balaban J connectivity index is 2.63. The largest absolute Gasteiger partial charge is 0.211 e. The summed E-state index contributed by atoms with van der Waals surface area (Å²) in [6.07, 6.45) is 1.45. The Morgan fingerprint density at radius 2 is 1.93 bits per heavy atom. The van der Waals surface area contributed by atoms with E-state index < -0.39 is 11.6 Å². The first kappa shape index (κ1) is 10.2. The molecule has 0 saturated heterocycles. The summed E-state index contributed by atoms with van der Waals surface area (Å²) >= 11 is 3.19. The molecule has 0 aliphatic rings. The number of rotatable bonds is 2. The molecule has 0 aliphatic carbocycles. The quantitative estimate of drug-likeness (QED) is 0.787. The Kier molecular flexibility index (Phi) is 2.77.